The van der Waals surface area contributed by atoms with Gasteiger partial charge in [-0.2, -0.15) is 5.10 Å². The molecule has 1 fully saturated rings. The third kappa shape index (κ3) is 3.33. The van der Waals surface area contributed by atoms with Gasteiger partial charge in [-0.15, -0.1) is 0 Å². The molecule has 6 nitrogen and oxygen atoms in total. The van der Waals surface area contributed by atoms with Gasteiger partial charge in [-0.25, -0.2) is 0 Å². The second-order valence-corrected chi connectivity index (χ2v) is 7.60. The van der Waals surface area contributed by atoms with E-state index in [2.05, 4.69) is 22.3 Å². The number of aryl methyl sites for hydroxylation is 2. The zero-order chi connectivity index (χ0) is 19.7. The van der Waals surface area contributed by atoms with E-state index in [1.807, 2.05) is 29.3 Å². The number of carbonyl (C=O) groups is 1. The first-order chi connectivity index (χ1) is 13.6. The van der Waals surface area contributed by atoms with Gasteiger partial charge in [0.25, 0.3) is 5.91 Å². The van der Waals surface area contributed by atoms with Crippen molar-refractivity contribution in [2.45, 2.75) is 39.0 Å². The lowest BCUT2D eigenvalue weighted by molar-refractivity contribution is 0.0704. The van der Waals surface area contributed by atoms with Gasteiger partial charge in [0.1, 0.15) is 17.0 Å². The highest BCUT2D eigenvalue weighted by Gasteiger charge is 2.31. The second-order valence-electron chi connectivity index (χ2n) is 7.20. The van der Waals surface area contributed by atoms with E-state index in [4.69, 9.17) is 16.1 Å². The lowest BCUT2D eigenvalue weighted by Crippen LogP contribution is -2.39. The molecule has 3 aromatic rings. The summed E-state index contributed by atoms with van der Waals surface area (Å²) in [7, 11) is 0. The van der Waals surface area contributed by atoms with Crippen molar-refractivity contribution in [3.05, 3.63) is 58.1 Å². The molecule has 2 aromatic heterocycles. The van der Waals surface area contributed by atoms with Crippen molar-refractivity contribution >= 4 is 17.5 Å². The summed E-state index contributed by atoms with van der Waals surface area (Å²) in [5, 5.41) is 12.0. The number of likely N-dealkylation sites (tertiary alicyclic amines) is 1. The number of hydrogen-bond acceptors (Lipinski definition) is 4. The zero-order valence-corrected chi connectivity index (χ0v) is 16.8. The molecule has 0 aliphatic carbocycles. The number of benzene rings is 1. The van der Waals surface area contributed by atoms with Crippen molar-refractivity contribution < 1.29 is 9.32 Å². The van der Waals surface area contributed by atoms with Crippen molar-refractivity contribution in [3.8, 4) is 11.3 Å². The highest BCUT2D eigenvalue weighted by Crippen LogP contribution is 2.34. The lowest BCUT2D eigenvalue weighted by atomic mass is 9.91. The van der Waals surface area contributed by atoms with E-state index >= 15 is 0 Å². The maximum atomic E-state index is 13.4. The van der Waals surface area contributed by atoms with Gasteiger partial charge in [-0.1, -0.05) is 41.9 Å². The number of halogens is 1. The van der Waals surface area contributed by atoms with Crippen LogP contribution in [0.15, 0.2) is 35.0 Å². The molecule has 0 unspecified atom stereocenters. The molecule has 28 heavy (non-hydrogen) atoms. The molecule has 4 rings (SSSR count). The van der Waals surface area contributed by atoms with Gasteiger partial charge < -0.3 is 9.42 Å². The van der Waals surface area contributed by atoms with Crippen molar-refractivity contribution in [2.24, 2.45) is 0 Å². The number of carbonyl (C=O) groups excluding carboxylic acids is 1. The highest BCUT2D eigenvalue weighted by molar-refractivity contribution is 6.33. The van der Waals surface area contributed by atoms with Crippen molar-refractivity contribution in [1.82, 2.24) is 20.3 Å². The van der Waals surface area contributed by atoms with Crippen LogP contribution in [0.2, 0.25) is 5.02 Å². The summed E-state index contributed by atoms with van der Waals surface area (Å²) in [5.41, 5.74) is 4.07. The molecular formula is C21H23ClN4O2. The van der Waals surface area contributed by atoms with Crippen LogP contribution >= 0.6 is 11.6 Å². The largest absolute Gasteiger partial charge is 0.360 e. The van der Waals surface area contributed by atoms with Gasteiger partial charge in [0, 0.05) is 30.3 Å². The summed E-state index contributed by atoms with van der Waals surface area (Å²) in [6.07, 6.45) is 4.80. The maximum absolute atomic E-state index is 13.4. The lowest BCUT2D eigenvalue weighted by Gasteiger charge is -2.32. The minimum absolute atomic E-state index is 0.0593. The monoisotopic (exact) mass is 398 g/mol. The molecule has 0 radical (unpaired) electrons. The summed E-state index contributed by atoms with van der Waals surface area (Å²) in [5.74, 6) is 0.716. The van der Waals surface area contributed by atoms with Crippen LogP contribution in [0.5, 0.6) is 0 Å². The highest BCUT2D eigenvalue weighted by atomic mass is 35.5. The fourth-order valence-corrected chi connectivity index (χ4v) is 4.20. The molecule has 1 aromatic carbocycles. The van der Waals surface area contributed by atoms with E-state index in [1.54, 1.807) is 13.0 Å². The Morgan fingerprint density at radius 2 is 2.21 bits per heavy atom. The summed E-state index contributed by atoms with van der Waals surface area (Å²) >= 11 is 6.34. The van der Waals surface area contributed by atoms with Gasteiger partial charge in [0.05, 0.1) is 11.2 Å². The van der Waals surface area contributed by atoms with Gasteiger partial charge in [0.15, 0.2) is 0 Å². The first-order valence-electron chi connectivity index (χ1n) is 9.62. The maximum Gasteiger partial charge on any atom is 0.259 e. The number of nitrogens with one attached hydrogen (secondary N) is 1. The normalized spacial score (nSPS) is 17.1. The Bertz CT molecular complexity index is 994. The van der Waals surface area contributed by atoms with Crippen molar-refractivity contribution in [3.63, 3.8) is 0 Å². The minimum Gasteiger partial charge on any atom is -0.360 e. The number of amides is 1. The van der Waals surface area contributed by atoms with Crippen LogP contribution in [0.25, 0.3) is 11.3 Å². The van der Waals surface area contributed by atoms with Gasteiger partial charge in [0.2, 0.25) is 0 Å². The summed E-state index contributed by atoms with van der Waals surface area (Å²) in [4.78, 5) is 15.3. The average molecular weight is 399 g/mol. The fourth-order valence-electron chi connectivity index (χ4n) is 3.97. The van der Waals surface area contributed by atoms with Crippen LogP contribution in [-0.4, -0.2) is 39.3 Å². The number of nitrogens with zero attached hydrogens (tertiary/aromatic N) is 3. The van der Waals surface area contributed by atoms with Crippen LogP contribution in [0.4, 0.5) is 0 Å². The fraction of sp³-hybridized carbons (Fsp3) is 0.381. The smallest absolute Gasteiger partial charge is 0.259 e. The molecule has 1 aliphatic heterocycles. The van der Waals surface area contributed by atoms with Crippen molar-refractivity contribution in [2.75, 3.05) is 13.1 Å². The molecule has 1 aliphatic rings. The summed E-state index contributed by atoms with van der Waals surface area (Å²) in [6.45, 7) is 5.26. The van der Waals surface area contributed by atoms with E-state index in [1.165, 1.54) is 5.56 Å². The summed E-state index contributed by atoms with van der Waals surface area (Å²) in [6, 6.07) is 7.37. The Balaban J connectivity index is 1.63. The van der Waals surface area contributed by atoms with Crippen LogP contribution in [0.1, 0.15) is 53.1 Å². The van der Waals surface area contributed by atoms with Crippen molar-refractivity contribution in [1.29, 1.82) is 0 Å². The Labute approximate surface area is 168 Å². The summed E-state index contributed by atoms with van der Waals surface area (Å²) < 4.78 is 5.38. The molecule has 146 valence electrons. The zero-order valence-electron chi connectivity index (χ0n) is 16.0. The predicted octanol–water partition coefficient (Wildman–Crippen LogP) is 4.61. The third-order valence-electron chi connectivity index (χ3n) is 5.45. The first-order valence-corrected chi connectivity index (χ1v) is 10.0. The van der Waals surface area contributed by atoms with Crippen LogP contribution in [0, 0.1) is 6.92 Å². The SMILES string of the molecule is CCc1cn[nH]c1[C@@H]1CCCN(C(=O)c2c(-c3ccccc3Cl)noc2C)C1. The molecule has 3 heterocycles. The molecular weight excluding hydrogens is 376 g/mol. The molecule has 1 atom stereocenters. The number of aromatic amines is 1. The van der Waals surface area contributed by atoms with Gasteiger partial charge >= 0.3 is 0 Å². The van der Waals surface area contributed by atoms with E-state index in [0.717, 1.165) is 31.5 Å². The van der Waals surface area contributed by atoms with Crippen LogP contribution in [0.3, 0.4) is 0 Å². The van der Waals surface area contributed by atoms with Gasteiger partial charge in [-0.05, 0) is 37.8 Å². The Hall–Kier alpha value is -2.60. The van der Waals surface area contributed by atoms with E-state index < -0.39 is 0 Å². The Morgan fingerprint density at radius 1 is 1.39 bits per heavy atom. The number of aromatic nitrogens is 3. The molecule has 1 N–H and O–H groups in total. The second kappa shape index (κ2) is 7.80. The number of H-pyrrole nitrogens is 1. The number of piperidine rings is 1. The molecule has 1 saturated heterocycles. The predicted molar refractivity (Wildman–Crippen MR) is 108 cm³/mol. The Kier molecular flexibility index (Phi) is 5.22. The first kappa shape index (κ1) is 18.7. The van der Waals surface area contributed by atoms with E-state index in [9.17, 15) is 4.79 Å². The van der Waals surface area contributed by atoms with Crippen LogP contribution in [-0.2, 0) is 6.42 Å². The molecule has 7 heteroatoms. The van der Waals surface area contributed by atoms with E-state index in [-0.39, 0.29) is 11.8 Å². The average Bonchev–Trinajstić information content (AvgIpc) is 3.34. The molecule has 1 amide bonds. The third-order valence-corrected chi connectivity index (χ3v) is 5.78. The quantitative estimate of drug-likeness (QED) is 0.696. The number of hydrogen-bond donors (Lipinski definition) is 1. The minimum atomic E-state index is -0.0593. The van der Waals surface area contributed by atoms with Crippen LogP contribution < -0.4 is 0 Å². The standard InChI is InChI=1S/C21H23ClN4O2/c1-3-14-11-23-24-19(14)15-7-6-10-26(12-15)21(27)18-13(2)28-25-20(18)16-8-4-5-9-17(16)22/h4-5,8-9,11,15H,3,6-7,10,12H2,1-2H3,(H,23,24)/t15-/m1/s1. The van der Waals surface area contributed by atoms with E-state index in [0.29, 0.717) is 34.1 Å². The Morgan fingerprint density at radius 3 is 3.00 bits per heavy atom. The number of rotatable bonds is 4. The topological polar surface area (TPSA) is 75.0 Å². The molecule has 0 spiro atoms. The van der Waals surface area contributed by atoms with Gasteiger partial charge in [-0.3, -0.25) is 9.89 Å². The molecule has 0 bridgehead atoms. The molecule has 0 saturated carbocycles.